The highest BCUT2D eigenvalue weighted by Gasteiger charge is 2.49. The Labute approximate surface area is 114 Å². The van der Waals surface area contributed by atoms with E-state index in [0.717, 1.165) is 18.9 Å². The summed E-state index contributed by atoms with van der Waals surface area (Å²) < 4.78 is 62.6. The quantitative estimate of drug-likeness (QED) is 0.581. The van der Waals surface area contributed by atoms with Crippen LogP contribution in [0.3, 0.4) is 0 Å². The second-order valence-electron chi connectivity index (χ2n) is 4.81. The van der Waals surface area contributed by atoms with Crippen molar-refractivity contribution in [2.24, 2.45) is 11.8 Å². The topological polar surface area (TPSA) is 60.4 Å². The number of Topliss-reactive ketones (excluding diaryl/α,β-unsaturated/α-hetero) is 1. The zero-order chi connectivity index (χ0) is 15.0. The maximum Gasteiger partial charge on any atom is 0.534 e. The molecule has 0 aromatic carbocycles. The lowest BCUT2D eigenvalue weighted by Crippen LogP contribution is -2.27. The number of fused-ring (bicyclic) bond motifs is 1. The van der Waals surface area contributed by atoms with Crippen molar-refractivity contribution >= 4 is 15.9 Å². The van der Waals surface area contributed by atoms with Crippen LogP contribution in [0.1, 0.15) is 25.7 Å². The molecule has 20 heavy (non-hydrogen) atoms. The Morgan fingerprint density at radius 3 is 2.60 bits per heavy atom. The van der Waals surface area contributed by atoms with Crippen LogP contribution in [0, 0.1) is 11.8 Å². The van der Waals surface area contributed by atoms with Gasteiger partial charge in [0.15, 0.2) is 0 Å². The monoisotopic (exact) mass is 310 g/mol. The molecule has 0 aromatic heterocycles. The molecule has 1 fully saturated rings. The van der Waals surface area contributed by atoms with Gasteiger partial charge in [-0.2, -0.15) is 21.6 Å². The number of carbonyl (C=O) groups is 1. The fourth-order valence-corrected chi connectivity index (χ4v) is 2.85. The highest BCUT2D eigenvalue weighted by molar-refractivity contribution is 7.87. The highest BCUT2D eigenvalue weighted by Crippen LogP contribution is 2.35. The van der Waals surface area contributed by atoms with E-state index in [4.69, 9.17) is 0 Å². The van der Waals surface area contributed by atoms with E-state index in [-0.39, 0.29) is 17.5 Å². The Balaban J connectivity index is 2.18. The first-order valence-electron chi connectivity index (χ1n) is 6.14. The van der Waals surface area contributed by atoms with Crippen molar-refractivity contribution in [3.63, 3.8) is 0 Å². The lowest BCUT2D eigenvalue weighted by molar-refractivity contribution is -0.122. The lowest BCUT2D eigenvalue weighted by Gasteiger charge is -2.22. The fraction of sp³-hybridized carbons (Fsp3) is 0.583. The molecule has 2 atom stereocenters. The van der Waals surface area contributed by atoms with Crippen LogP contribution in [-0.2, 0) is 19.1 Å². The molecule has 0 spiro atoms. The van der Waals surface area contributed by atoms with Crippen LogP contribution >= 0.6 is 0 Å². The Bertz CT molecular complexity index is 560. The van der Waals surface area contributed by atoms with Gasteiger partial charge >= 0.3 is 15.6 Å². The van der Waals surface area contributed by atoms with Gasteiger partial charge in [-0.05, 0) is 30.9 Å². The molecule has 0 radical (unpaired) electrons. The molecule has 8 heteroatoms. The number of ketones is 1. The molecule has 0 aromatic rings. The number of allylic oxidation sites excluding steroid dienone is 3. The summed E-state index contributed by atoms with van der Waals surface area (Å²) in [4.78, 5) is 11.8. The highest BCUT2D eigenvalue weighted by atomic mass is 32.2. The molecule has 112 valence electrons. The van der Waals surface area contributed by atoms with Crippen molar-refractivity contribution in [3.8, 4) is 0 Å². The number of hydrogen-bond acceptors (Lipinski definition) is 4. The standard InChI is InChI=1S/C12H13F3O4S/c13-12(14,15)20(17,18)19-9-5-6-10-8(7-9)3-1-2-4-11(10)16/h5-8,10H,1-4H2. The minimum absolute atomic E-state index is 0.0257. The molecule has 2 rings (SSSR count). The molecule has 0 N–H and O–H groups in total. The van der Waals surface area contributed by atoms with Crippen molar-refractivity contribution in [1.82, 2.24) is 0 Å². The summed E-state index contributed by atoms with van der Waals surface area (Å²) in [5.41, 5.74) is -5.46. The van der Waals surface area contributed by atoms with Crippen LogP contribution in [0.15, 0.2) is 24.0 Å². The molecule has 0 bridgehead atoms. The average Bonchev–Trinajstić information content (AvgIpc) is 2.49. The largest absolute Gasteiger partial charge is 0.534 e. The minimum Gasteiger partial charge on any atom is -0.376 e. The van der Waals surface area contributed by atoms with Gasteiger partial charge in [-0.3, -0.25) is 4.79 Å². The van der Waals surface area contributed by atoms with Gasteiger partial charge in [-0.25, -0.2) is 0 Å². The van der Waals surface area contributed by atoms with Crippen molar-refractivity contribution < 1.29 is 30.6 Å². The van der Waals surface area contributed by atoms with Crippen molar-refractivity contribution in [1.29, 1.82) is 0 Å². The Morgan fingerprint density at radius 2 is 1.95 bits per heavy atom. The summed E-state index contributed by atoms with van der Waals surface area (Å²) in [6.45, 7) is 0. The zero-order valence-electron chi connectivity index (χ0n) is 10.4. The maximum absolute atomic E-state index is 12.2. The van der Waals surface area contributed by atoms with Crippen LogP contribution in [0.2, 0.25) is 0 Å². The second-order valence-corrected chi connectivity index (χ2v) is 6.35. The van der Waals surface area contributed by atoms with Gasteiger partial charge in [-0.15, -0.1) is 0 Å². The van der Waals surface area contributed by atoms with E-state index in [1.807, 2.05) is 0 Å². The molecule has 2 aliphatic rings. The van der Waals surface area contributed by atoms with E-state index in [1.165, 1.54) is 12.2 Å². The summed E-state index contributed by atoms with van der Waals surface area (Å²) >= 11 is 0. The Morgan fingerprint density at radius 1 is 1.25 bits per heavy atom. The van der Waals surface area contributed by atoms with Gasteiger partial charge in [0.25, 0.3) is 0 Å². The SMILES string of the molecule is O=C1CCCCC2C=C(OS(=O)(=O)C(F)(F)F)C=CC12. The third-order valence-corrected chi connectivity index (χ3v) is 4.36. The average molecular weight is 310 g/mol. The van der Waals surface area contributed by atoms with Crippen LogP contribution < -0.4 is 0 Å². The van der Waals surface area contributed by atoms with E-state index in [2.05, 4.69) is 4.18 Å². The van der Waals surface area contributed by atoms with E-state index < -0.39 is 21.5 Å². The van der Waals surface area contributed by atoms with Crippen LogP contribution in [-0.4, -0.2) is 19.7 Å². The van der Waals surface area contributed by atoms with Crippen molar-refractivity contribution in [2.75, 3.05) is 0 Å². The third-order valence-electron chi connectivity index (χ3n) is 3.38. The van der Waals surface area contributed by atoms with E-state index in [9.17, 15) is 26.4 Å². The maximum atomic E-state index is 12.2. The van der Waals surface area contributed by atoms with Gasteiger partial charge < -0.3 is 4.18 Å². The smallest absolute Gasteiger partial charge is 0.376 e. The first-order valence-corrected chi connectivity index (χ1v) is 7.55. The van der Waals surface area contributed by atoms with E-state index >= 15 is 0 Å². The number of carbonyl (C=O) groups excluding carboxylic acids is 1. The molecule has 1 saturated carbocycles. The number of alkyl halides is 3. The molecular formula is C12H13F3O4S. The molecule has 0 aliphatic heterocycles. The van der Waals surface area contributed by atoms with Crippen LogP contribution in [0.4, 0.5) is 13.2 Å². The number of halogens is 3. The Kier molecular flexibility index (Phi) is 3.95. The molecule has 0 heterocycles. The van der Waals surface area contributed by atoms with Gasteiger partial charge in [0, 0.05) is 12.3 Å². The molecule has 4 nitrogen and oxygen atoms in total. The Hall–Kier alpha value is -1.31. The predicted molar refractivity (Wildman–Crippen MR) is 63.7 cm³/mol. The van der Waals surface area contributed by atoms with Crippen molar-refractivity contribution in [3.05, 3.63) is 24.0 Å². The van der Waals surface area contributed by atoms with Crippen LogP contribution in [0.25, 0.3) is 0 Å². The van der Waals surface area contributed by atoms with Gasteiger partial charge in [0.2, 0.25) is 0 Å². The number of hydrogen-bond donors (Lipinski definition) is 0. The summed E-state index contributed by atoms with van der Waals surface area (Å²) in [5, 5.41) is 0. The second kappa shape index (κ2) is 5.23. The lowest BCUT2D eigenvalue weighted by atomic mass is 9.83. The van der Waals surface area contributed by atoms with E-state index in [0.29, 0.717) is 12.8 Å². The van der Waals surface area contributed by atoms with Crippen molar-refractivity contribution in [2.45, 2.75) is 31.2 Å². The molecular weight excluding hydrogens is 297 g/mol. The fourth-order valence-electron chi connectivity index (χ4n) is 2.40. The molecule has 0 saturated heterocycles. The molecule has 0 amide bonds. The minimum atomic E-state index is -5.66. The van der Waals surface area contributed by atoms with Gasteiger partial charge in [-0.1, -0.05) is 12.5 Å². The van der Waals surface area contributed by atoms with E-state index in [1.54, 1.807) is 0 Å². The normalized spacial score (nSPS) is 27.6. The third kappa shape index (κ3) is 3.05. The summed E-state index contributed by atoms with van der Waals surface area (Å²) in [6.07, 6.45) is 6.43. The van der Waals surface area contributed by atoms with Gasteiger partial charge in [0.1, 0.15) is 11.5 Å². The summed E-state index contributed by atoms with van der Waals surface area (Å²) in [6, 6.07) is 0. The molecule has 2 aliphatic carbocycles. The molecule has 2 unspecified atom stereocenters. The zero-order valence-corrected chi connectivity index (χ0v) is 11.2. The first-order chi connectivity index (χ1) is 9.21. The first kappa shape index (κ1) is 15.1. The number of rotatable bonds is 2. The summed E-state index contributed by atoms with van der Waals surface area (Å²) in [5.74, 6) is -1.04. The summed E-state index contributed by atoms with van der Waals surface area (Å²) in [7, 11) is -5.66. The van der Waals surface area contributed by atoms with Crippen LogP contribution in [0.5, 0.6) is 0 Å². The predicted octanol–water partition coefficient (Wildman–Crippen LogP) is 2.68. The van der Waals surface area contributed by atoms with Gasteiger partial charge in [0.05, 0.1) is 0 Å².